The molecule has 80 valence electrons. The van der Waals surface area contributed by atoms with E-state index in [1.54, 1.807) is 0 Å². The van der Waals surface area contributed by atoms with Gasteiger partial charge in [-0.1, -0.05) is 19.9 Å². The molecule has 0 aromatic carbocycles. The van der Waals surface area contributed by atoms with E-state index in [1.165, 1.54) is 6.08 Å². The number of carbonyl (C=O) groups is 1. The van der Waals surface area contributed by atoms with Gasteiger partial charge in [-0.2, -0.15) is 0 Å². The lowest BCUT2D eigenvalue weighted by Crippen LogP contribution is -2.34. The summed E-state index contributed by atoms with van der Waals surface area (Å²) in [6.07, 6.45) is 5.24. The smallest absolute Gasteiger partial charge is 0.330 e. The molecule has 0 aliphatic carbocycles. The van der Waals surface area contributed by atoms with Gasteiger partial charge in [-0.25, -0.2) is 4.79 Å². The van der Waals surface area contributed by atoms with Crippen LogP contribution in [0.25, 0.3) is 0 Å². The van der Waals surface area contributed by atoms with Crippen LogP contribution in [0.1, 0.15) is 32.6 Å². The average molecular weight is 198 g/mol. The second-order valence-corrected chi connectivity index (χ2v) is 3.70. The summed E-state index contributed by atoms with van der Waals surface area (Å²) in [5, 5.41) is 0. The van der Waals surface area contributed by atoms with Crippen LogP contribution in [0.2, 0.25) is 0 Å². The van der Waals surface area contributed by atoms with Crippen molar-refractivity contribution in [1.82, 2.24) is 0 Å². The number of esters is 1. The van der Waals surface area contributed by atoms with Crippen LogP contribution in [-0.4, -0.2) is 24.8 Å². The highest BCUT2D eigenvalue weighted by atomic mass is 16.6. The summed E-state index contributed by atoms with van der Waals surface area (Å²) in [4.78, 5) is 10.9. The van der Waals surface area contributed by atoms with E-state index in [9.17, 15) is 4.79 Å². The highest BCUT2D eigenvalue weighted by molar-refractivity contribution is 5.81. The molecule has 1 aliphatic rings. The monoisotopic (exact) mass is 198 g/mol. The quantitative estimate of drug-likeness (QED) is 0.501. The molecule has 3 nitrogen and oxygen atoms in total. The van der Waals surface area contributed by atoms with Crippen molar-refractivity contribution in [3.05, 3.63) is 12.7 Å². The predicted octanol–water partition coefficient (Wildman–Crippen LogP) is 2.06. The van der Waals surface area contributed by atoms with Gasteiger partial charge >= 0.3 is 5.97 Å². The van der Waals surface area contributed by atoms with Crippen LogP contribution in [0.4, 0.5) is 0 Å². The summed E-state index contributed by atoms with van der Waals surface area (Å²) >= 11 is 0. The molecule has 1 atom stereocenters. The van der Waals surface area contributed by atoms with Gasteiger partial charge in [0.05, 0.1) is 0 Å². The van der Waals surface area contributed by atoms with E-state index in [4.69, 9.17) is 9.47 Å². The van der Waals surface area contributed by atoms with E-state index in [0.29, 0.717) is 6.61 Å². The van der Waals surface area contributed by atoms with Gasteiger partial charge in [-0.15, -0.1) is 0 Å². The molecule has 0 aromatic heterocycles. The lowest BCUT2D eigenvalue weighted by Gasteiger charge is -2.26. The summed E-state index contributed by atoms with van der Waals surface area (Å²) in [5.41, 5.74) is -0.215. The van der Waals surface area contributed by atoms with Crippen molar-refractivity contribution in [3.8, 4) is 0 Å². The van der Waals surface area contributed by atoms with E-state index in [2.05, 4.69) is 13.5 Å². The van der Waals surface area contributed by atoms with Crippen molar-refractivity contribution in [2.45, 2.75) is 38.2 Å². The highest BCUT2D eigenvalue weighted by Gasteiger charge is 2.35. The standard InChI is InChI=1S/C11H18O3/c1-3-6-11(7-5-8-14-11)9-13-10(12)4-2/h4H,2-3,5-9H2,1H3. The summed E-state index contributed by atoms with van der Waals surface area (Å²) in [6.45, 7) is 6.62. The number of hydrogen-bond acceptors (Lipinski definition) is 3. The molecule has 1 rings (SSSR count). The lowest BCUT2D eigenvalue weighted by molar-refractivity contribution is -0.147. The molecule has 1 fully saturated rings. The fourth-order valence-electron chi connectivity index (χ4n) is 1.86. The maximum absolute atomic E-state index is 10.9. The minimum absolute atomic E-state index is 0.215. The summed E-state index contributed by atoms with van der Waals surface area (Å²) < 4.78 is 10.7. The van der Waals surface area contributed by atoms with Gasteiger partial charge in [0.2, 0.25) is 0 Å². The van der Waals surface area contributed by atoms with Crippen LogP contribution in [0.5, 0.6) is 0 Å². The minimum atomic E-state index is -0.365. The van der Waals surface area contributed by atoms with E-state index in [1.807, 2.05) is 0 Å². The Morgan fingerprint density at radius 2 is 2.50 bits per heavy atom. The topological polar surface area (TPSA) is 35.5 Å². The first-order chi connectivity index (χ1) is 6.72. The number of carbonyl (C=O) groups excluding carboxylic acids is 1. The Balaban J connectivity index is 2.43. The molecule has 0 spiro atoms. The SMILES string of the molecule is C=CC(=O)OCC1(CCC)CCCO1. The molecule has 0 amide bonds. The van der Waals surface area contributed by atoms with E-state index in [-0.39, 0.29) is 11.6 Å². The largest absolute Gasteiger partial charge is 0.459 e. The number of rotatable bonds is 5. The number of hydrogen-bond donors (Lipinski definition) is 0. The van der Waals surface area contributed by atoms with Crippen molar-refractivity contribution in [2.24, 2.45) is 0 Å². The first-order valence-corrected chi connectivity index (χ1v) is 5.15. The Hall–Kier alpha value is -0.830. The third-order valence-corrected chi connectivity index (χ3v) is 2.53. The zero-order valence-corrected chi connectivity index (χ0v) is 8.75. The molecule has 0 radical (unpaired) electrons. The van der Waals surface area contributed by atoms with Crippen LogP contribution in [0.15, 0.2) is 12.7 Å². The van der Waals surface area contributed by atoms with E-state index >= 15 is 0 Å². The lowest BCUT2D eigenvalue weighted by atomic mass is 9.96. The molecule has 1 heterocycles. The van der Waals surface area contributed by atoms with Gasteiger partial charge in [0.1, 0.15) is 12.2 Å². The van der Waals surface area contributed by atoms with Crippen LogP contribution >= 0.6 is 0 Å². The molecule has 14 heavy (non-hydrogen) atoms. The zero-order chi connectivity index (χ0) is 10.4. The first-order valence-electron chi connectivity index (χ1n) is 5.15. The number of ether oxygens (including phenoxy) is 2. The Kier molecular flexibility index (Phi) is 4.14. The summed E-state index contributed by atoms with van der Waals surface area (Å²) in [5.74, 6) is -0.365. The molecule has 0 N–H and O–H groups in total. The Bertz CT molecular complexity index is 205. The first kappa shape index (κ1) is 11.2. The molecule has 1 aliphatic heterocycles. The average Bonchev–Trinajstić information content (AvgIpc) is 2.64. The van der Waals surface area contributed by atoms with Crippen molar-refractivity contribution in [3.63, 3.8) is 0 Å². The second kappa shape index (κ2) is 5.15. The van der Waals surface area contributed by atoms with Crippen LogP contribution in [0, 0.1) is 0 Å². The Morgan fingerprint density at radius 1 is 1.71 bits per heavy atom. The van der Waals surface area contributed by atoms with Crippen molar-refractivity contribution >= 4 is 5.97 Å². The van der Waals surface area contributed by atoms with Gasteiger partial charge in [-0.3, -0.25) is 0 Å². The van der Waals surface area contributed by atoms with Crippen LogP contribution < -0.4 is 0 Å². The van der Waals surface area contributed by atoms with Gasteiger partial charge in [0, 0.05) is 12.7 Å². The molecule has 3 heteroatoms. The van der Waals surface area contributed by atoms with Crippen LogP contribution in [0.3, 0.4) is 0 Å². The predicted molar refractivity (Wildman–Crippen MR) is 54.0 cm³/mol. The summed E-state index contributed by atoms with van der Waals surface area (Å²) in [7, 11) is 0. The molecule has 0 aromatic rings. The molecular formula is C11H18O3. The molecule has 0 bridgehead atoms. The van der Waals surface area contributed by atoms with Crippen molar-refractivity contribution in [2.75, 3.05) is 13.2 Å². The van der Waals surface area contributed by atoms with E-state index in [0.717, 1.165) is 32.3 Å². The van der Waals surface area contributed by atoms with E-state index < -0.39 is 0 Å². The fourth-order valence-corrected chi connectivity index (χ4v) is 1.86. The maximum atomic E-state index is 10.9. The van der Waals surface area contributed by atoms with Gasteiger partial charge < -0.3 is 9.47 Å². The Labute approximate surface area is 85.1 Å². The third kappa shape index (κ3) is 2.84. The van der Waals surface area contributed by atoms with Crippen molar-refractivity contribution < 1.29 is 14.3 Å². The van der Waals surface area contributed by atoms with Crippen molar-refractivity contribution in [1.29, 1.82) is 0 Å². The Morgan fingerprint density at radius 3 is 3.00 bits per heavy atom. The fraction of sp³-hybridized carbons (Fsp3) is 0.727. The maximum Gasteiger partial charge on any atom is 0.330 e. The zero-order valence-electron chi connectivity index (χ0n) is 8.75. The summed E-state index contributed by atoms with van der Waals surface area (Å²) in [6, 6.07) is 0. The second-order valence-electron chi connectivity index (χ2n) is 3.70. The van der Waals surface area contributed by atoms with Gasteiger partial charge in [-0.05, 0) is 19.3 Å². The third-order valence-electron chi connectivity index (χ3n) is 2.53. The molecule has 0 saturated carbocycles. The molecule has 1 saturated heterocycles. The minimum Gasteiger partial charge on any atom is -0.459 e. The van der Waals surface area contributed by atoms with Crippen LogP contribution in [-0.2, 0) is 14.3 Å². The molecular weight excluding hydrogens is 180 g/mol. The highest BCUT2D eigenvalue weighted by Crippen LogP contribution is 2.30. The van der Waals surface area contributed by atoms with Gasteiger partial charge in [0.25, 0.3) is 0 Å². The molecule has 1 unspecified atom stereocenters. The van der Waals surface area contributed by atoms with Gasteiger partial charge in [0.15, 0.2) is 0 Å². The normalized spacial score (nSPS) is 26.1.